The van der Waals surface area contributed by atoms with Gasteiger partial charge in [0.25, 0.3) is 0 Å². The van der Waals surface area contributed by atoms with Crippen molar-refractivity contribution in [1.82, 2.24) is 4.90 Å². The molecule has 0 bridgehead atoms. The highest BCUT2D eigenvalue weighted by atomic mass is 16.5. The molecule has 1 aromatic rings. The van der Waals surface area contributed by atoms with Gasteiger partial charge in [-0.2, -0.15) is 0 Å². The Kier molecular flexibility index (Phi) is 3.46. The number of para-hydroxylation sites is 1. The van der Waals surface area contributed by atoms with Crippen molar-refractivity contribution in [3.8, 4) is 0 Å². The van der Waals surface area contributed by atoms with Gasteiger partial charge < -0.3 is 14.5 Å². The smallest absolute Gasteiger partial charge is 0.354 e. The van der Waals surface area contributed by atoms with E-state index in [1.165, 1.54) is 28.9 Å². The summed E-state index contributed by atoms with van der Waals surface area (Å²) in [5, 5.41) is 0. The number of piperidine rings is 1. The first-order valence-electron chi connectivity index (χ1n) is 9.97. The van der Waals surface area contributed by atoms with Crippen LogP contribution in [0, 0.1) is 0 Å². The molecule has 0 aliphatic carbocycles. The monoisotopic (exact) mass is 350 g/mol. The molecule has 1 aromatic carbocycles. The Hall–Kier alpha value is -2.23. The van der Waals surface area contributed by atoms with Crippen LogP contribution >= 0.6 is 0 Å². The lowest BCUT2D eigenvalue weighted by Crippen LogP contribution is -2.58. The minimum atomic E-state index is -0.191. The molecule has 4 heterocycles. The zero-order chi connectivity index (χ0) is 17.9. The first kappa shape index (κ1) is 16.0. The number of fused-ring (bicyclic) bond motifs is 3. The lowest BCUT2D eigenvalue weighted by molar-refractivity contribution is -0.138. The number of nitrogens with zero attached hydrogens (tertiary/aromatic N) is 2. The summed E-state index contributed by atoms with van der Waals surface area (Å²) in [4.78, 5) is 17.7. The lowest BCUT2D eigenvalue weighted by Gasteiger charge is -2.53. The molecular formula is C22H26N2O2. The van der Waals surface area contributed by atoms with Crippen molar-refractivity contribution >= 4 is 11.7 Å². The molecule has 2 atom stereocenters. The zero-order valence-electron chi connectivity index (χ0n) is 15.6. The summed E-state index contributed by atoms with van der Waals surface area (Å²) in [5.41, 5.74) is 6.23. The highest BCUT2D eigenvalue weighted by Crippen LogP contribution is 2.58. The number of anilines is 1. The average molecular weight is 350 g/mol. The topological polar surface area (TPSA) is 32.8 Å². The van der Waals surface area contributed by atoms with Crippen molar-refractivity contribution < 1.29 is 9.53 Å². The lowest BCUT2D eigenvalue weighted by atomic mass is 9.66. The number of hydrogen-bond acceptors (Lipinski definition) is 4. The van der Waals surface area contributed by atoms with Gasteiger partial charge >= 0.3 is 5.97 Å². The molecule has 26 heavy (non-hydrogen) atoms. The van der Waals surface area contributed by atoms with E-state index in [9.17, 15) is 4.79 Å². The van der Waals surface area contributed by atoms with Gasteiger partial charge in [-0.25, -0.2) is 4.79 Å². The minimum absolute atomic E-state index is 0.0943. The maximum absolute atomic E-state index is 12.9. The number of rotatable bonds is 3. The molecule has 1 saturated heterocycles. The van der Waals surface area contributed by atoms with Crippen molar-refractivity contribution in [3.05, 3.63) is 52.9 Å². The van der Waals surface area contributed by atoms with E-state index in [2.05, 4.69) is 47.1 Å². The predicted octanol–water partition coefficient (Wildman–Crippen LogP) is 3.74. The van der Waals surface area contributed by atoms with Crippen LogP contribution in [0.25, 0.3) is 0 Å². The van der Waals surface area contributed by atoms with Gasteiger partial charge in [0, 0.05) is 29.9 Å². The number of hydrogen-bond donors (Lipinski definition) is 0. The molecule has 4 aliphatic heterocycles. The second-order valence-corrected chi connectivity index (χ2v) is 7.80. The fourth-order valence-electron chi connectivity index (χ4n) is 5.69. The van der Waals surface area contributed by atoms with Crippen molar-refractivity contribution in [2.45, 2.75) is 51.0 Å². The first-order chi connectivity index (χ1) is 12.7. The Balaban J connectivity index is 1.77. The number of esters is 1. The first-order valence-corrected chi connectivity index (χ1v) is 9.97. The third-order valence-corrected chi connectivity index (χ3v) is 6.80. The largest absolute Gasteiger partial charge is 0.461 e. The molecule has 0 radical (unpaired) electrons. The Labute approximate surface area is 155 Å². The van der Waals surface area contributed by atoms with E-state index in [0.717, 1.165) is 38.0 Å². The van der Waals surface area contributed by atoms with Gasteiger partial charge in [-0.15, -0.1) is 0 Å². The van der Waals surface area contributed by atoms with E-state index in [1.54, 1.807) is 0 Å². The van der Waals surface area contributed by atoms with Gasteiger partial charge in [-0.3, -0.25) is 0 Å². The number of carbonyl (C=O) groups excluding carboxylic acids is 1. The minimum Gasteiger partial charge on any atom is -0.461 e. The molecule has 4 aliphatic rings. The van der Waals surface area contributed by atoms with E-state index in [1.807, 2.05) is 6.92 Å². The van der Waals surface area contributed by atoms with E-state index in [0.29, 0.717) is 6.61 Å². The quantitative estimate of drug-likeness (QED) is 0.778. The van der Waals surface area contributed by atoms with Crippen LogP contribution in [-0.4, -0.2) is 36.6 Å². The zero-order valence-corrected chi connectivity index (χ0v) is 15.6. The molecule has 0 amide bonds. The van der Waals surface area contributed by atoms with Crippen LogP contribution in [-0.2, 0) is 14.9 Å². The normalized spacial score (nSPS) is 28.5. The maximum atomic E-state index is 12.9. The van der Waals surface area contributed by atoms with Crippen molar-refractivity contribution in [2.24, 2.45) is 0 Å². The van der Waals surface area contributed by atoms with Gasteiger partial charge in [0.2, 0.25) is 0 Å². The van der Waals surface area contributed by atoms with Crippen LogP contribution in [0.1, 0.15) is 45.1 Å². The second-order valence-electron chi connectivity index (χ2n) is 7.80. The van der Waals surface area contributed by atoms with E-state index in [-0.39, 0.29) is 17.4 Å². The summed E-state index contributed by atoms with van der Waals surface area (Å²) in [6.45, 7) is 6.85. The summed E-state index contributed by atoms with van der Waals surface area (Å²) in [6.07, 6.45) is 6.59. The highest BCUT2D eigenvalue weighted by Gasteiger charge is 2.58. The van der Waals surface area contributed by atoms with Crippen LogP contribution in [0.5, 0.6) is 0 Å². The number of carbonyl (C=O) groups is 1. The maximum Gasteiger partial charge on any atom is 0.354 e. The Morgan fingerprint density at radius 3 is 2.92 bits per heavy atom. The summed E-state index contributed by atoms with van der Waals surface area (Å²) in [5.74, 6) is -0.191. The predicted molar refractivity (Wildman–Crippen MR) is 102 cm³/mol. The van der Waals surface area contributed by atoms with Crippen LogP contribution in [0.2, 0.25) is 0 Å². The molecule has 0 N–H and O–H groups in total. The van der Waals surface area contributed by atoms with Crippen LogP contribution in [0.3, 0.4) is 0 Å². The van der Waals surface area contributed by atoms with Crippen LogP contribution in [0.15, 0.2) is 47.3 Å². The molecule has 4 heteroatoms. The fourth-order valence-corrected chi connectivity index (χ4v) is 5.69. The van der Waals surface area contributed by atoms with Crippen molar-refractivity contribution in [3.63, 3.8) is 0 Å². The molecule has 0 aromatic heterocycles. The molecule has 1 fully saturated rings. The molecule has 0 spiro atoms. The summed E-state index contributed by atoms with van der Waals surface area (Å²) >= 11 is 0. The highest BCUT2D eigenvalue weighted by molar-refractivity contribution is 5.96. The fraction of sp³-hybridized carbons (Fsp3) is 0.500. The number of ether oxygens (including phenoxy) is 1. The van der Waals surface area contributed by atoms with Gasteiger partial charge in [0.1, 0.15) is 5.70 Å². The molecule has 5 rings (SSSR count). The van der Waals surface area contributed by atoms with Gasteiger partial charge in [-0.05, 0) is 55.9 Å². The Morgan fingerprint density at radius 1 is 1.27 bits per heavy atom. The Morgan fingerprint density at radius 2 is 2.12 bits per heavy atom. The molecular weight excluding hydrogens is 324 g/mol. The third-order valence-electron chi connectivity index (χ3n) is 6.80. The molecule has 0 saturated carbocycles. The second kappa shape index (κ2) is 5.63. The molecule has 2 unspecified atom stereocenters. The van der Waals surface area contributed by atoms with E-state index < -0.39 is 0 Å². The van der Waals surface area contributed by atoms with E-state index >= 15 is 0 Å². The molecule has 136 valence electrons. The Bertz CT molecular complexity index is 840. The van der Waals surface area contributed by atoms with Gasteiger partial charge in [0.05, 0.1) is 12.6 Å². The van der Waals surface area contributed by atoms with Crippen molar-refractivity contribution in [1.29, 1.82) is 0 Å². The van der Waals surface area contributed by atoms with Crippen LogP contribution < -0.4 is 4.90 Å². The average Bonchev–Trinajstić information content (AvgIpc) is 2.98. The third kappa shape index (κ3) is 1.88. The number of allylic oxidation sites excluding steroid dienone is 2. The van der Waals surface area contributed by atoms with Crippen molar-refractivity contribution in [2.75, 3.05) is 24.6 Å². The van der Waals surface area contributed by atoms with Gasteiger partial charge in [-0.1, -0.05) is 25.1 Å². The molecule has 4 nitrogen and oxygen atoms in total. The standard InChI is InChI=1S/C22H26N2O2/c1-3-22-11-13-23-12-7-8-15-14-18(21(25)26-4-2)24(20(22)19(15)23)17-10-6-5-9-16(17)22/h5-6,9-10,14,20H,3-4,7-8,11-13H2,1-2H3. The van der Waals surface area contributed by atoms with Gasteiger partial charge in [0.15, 0.2) is 0 Å². The number of benzene rings is 1. The summed E-state index contributed by atoms with van der Waals surface area (Å²) in [7, 11) is 0. The SMILES string of the molecule is CCOC(=O)C1=CC2=C3C4N1c1ccccc1C4(CC)CCN3CCC2. The summed E-state index contributed by atoms with van der Waals surface area (Å²) in [6, 6.07) is 8.92. The van der Waals surface area contributed by atoms with E-state index in [4.69, 9.17) is 4.74 Å². The van der Waals surface area contributed by atoms with Crippen LogP contribution in [0.4, 0.5) is 5.69 Å². The summed E-state index contributed by atoms with van der Waals surface area (Å²) < 4.78 is 5.45.